The normalized spacial score (nSPS) is 10.5. The number of ether oxygens (including phenoxy) is 1. The second-order valence-electron chi connectivity index (χ2n) is 3.07. The van der Waals surface area contributed by atoms with Crippen LogP contribution < -0.4 is 5.32 Å². The molecule has 0 heterocycles. The quantitative estimate of drug-likeness (QED) is 0.540. The van der Waals surface area contributed by atoms with E-state index in [2.05, 4.69) is 19.2 Å². The van der Waals surface area contributed by atoms with Gasteiger partial charge in [-0.1, -0.05) is 26.7 Å². The van der Waals surface area contributed by atoms with Gasteiger partial charge in [0.25, 0.3) is 0 Å². The van der Waals surface area contributed by atoms with E-state index in [-0.39, 0.29) is 0 Å². The molecule has 12 heavy (non-hydrogen) atoms. The van der Waals surface area contributed by atoms with Crippen LogP contribution in [0, 0.1) is 0 Å². The third-order valence-electron chi connectivity index (χ3n) is 1.74. The van der Waals surface area contributed by atoms with Crippen molar-refractivity contribution in [2.75, 3.05) is 26.3 Å². The first-order valence-electron chi connectivity index (χ1n) is 5.20. The van der Waals surface area contributed by atoms with E-state index < -0.39 is 0 Å². The van der Waals surface area contributed by atoms with E-state index in [9.17, 15) is 0 Å². The fraction of sp³-hybridized carbons (Fsp3) is 1.00. The van der Waals surface area contributed by atoms with Crippen LogP contribution in [0.15, 0.2) is 0 Å². The molecule has 0 aromatic heterocycles. The highest BCUT2D eigenvalue weighted by Gasteiger charge is 1.88. The standard InChI is InChI=1S/C10H23NO/c1-3-5-6-9-12-10-8-11-7-4-2/h11H,3-10H2,1-2H3. The molecule has 0 bridgehead atoms. The first kappa shape index (κ1) is 11.9. The predicted molar refractivity (Wildman–Crippen MR) is 53.5 cm³/mol. The van der Waals surface area contributed by atoms with Gasteiger partial charge in [0, 0.05) is 13.2 Å². The summed E-state index contributed by atoms with van der Waals surface area (Å²) < 4.78 is 5.42. The Morgan fingerprint density at radius 3 is 2.42 bits per heavy atom. The van der Waals surface area contributed by atoms with Gasteiger partial charge in [-0.3, -0.25) is 0 Å². The van der Waals surface area contributed by atoms with Crippen molar-refractivity contribution in [1.29, 1.82) is 0 Å². The second-order valence-corrected chi connectivity index (χ2v) is 3.07. The van der Waals surface area contributed by atoms with Gasteiger partial charge in [0.2, 0.25) is 0 Å². The van der Waals surface area contributed by atoms with Crippen LogP contribution in [0.3, 0.4) is 0 Å². The van der Waals surface area contributed by atoms with Crippen molar-refractivity contribution in [3.63, 3.8) is 0 Å². The summed E-state index contributed by atoms with van der Waals surface area (Å²) in [6.07, 6.45) is 4.99. The maximum Gasteiger partial charge on any atom is 0.0590 e. The van der Waals surface area contributed by atoms with Crippen LogP contribution in [0.5, 0.6) is 0 Å². The van der Waals surface area contributed by atoms with E-state index in [1.54, 1.807) is 0 Å². The van der Waals surface area contributed by atoms with E-state index >= 15 is 0 Å². The second kappa shape index (κ2) is 10.9. The Bertz CT molecular complexity index is 66.2. The Morgan fingerprint density at radius 2 is 1.75 bits per heavy atom. The van der Waals surface area contributed by atoms with Crippen LogP contribution in [0.2, 0.25) is 0 Å². The van der Waals surface area contributed by atoms with Crippen LogP contribution in [-0.2, 0) is 4.74 Å². The van der Waals surface area contributed by atoms with E-state index in [4.69, 9.17) is 4.74 Å². The Balaban J connectivity index is 2.73. The SMILES string of the molecule is CCCCCOCCNCCC. The number of rotatable bonds is 9. The van der Waals surface area contributed by atoms with Crippen LogP contribution in [0.1, 0.15) is 39.5 Å². The molecule has 0 atom stereocenters. The maximum atomic E-state index is 5.42. The Labute approximate surface area is 76.7 Å². The van der Waals surface area contributed by atoms with Gasteiger partial charge in [0.05, 0.1) is 6.61 Å². The van der Waals surface area contributed by atoms with Crippen LogP contribution in [0.25, 0.3) is 0 Å². The Morgan fingerprint density at radius 1 is 0.917 bits per heavy atom. The summed E-state index contributed by atoms with van der Waals surface area (Å²) in [5.41, 5.74) is 0. The molecular formula is C10H23NO. The molecular weight excluding hydrogens is 150 g/mol. The van der Waals surface area contributed by atoms with Gasteiger partial charge >= 0.3 is 0 Å². The molecule has 0 aliphatic carbocycles. The third-order valence-corrected chi connectivity index (χ3v) is 1.74. The lowest BCUT2D eigenvalue weighted by Crippen LogP contribution is -2.20. The zero-order valence-corrected chi connectivity index (χ0v) is 8.57. The summed E-state index contributed by atoms with van der Waals surface area (Å²) >= 11 is 0. The van der Waals surface area contributed by atoms with Crippen molar-refractivity contribution < 1.29 is 4.74 Å². The first-order valence-corrected chi connectivity index (χ1v) is 5.20. The molecule has 2 nitrogen and oxygen atoms in total. The predicted octanol–water partition coefficient (Wildman–Crippen LogP) is 2.19. The highest BCUT2D eigenvalue weighted by atomic mass is 16.5. The smallest absolute Gasteiger partial charge is 0.0590 e. The highest BCUT2D eigenvalue weighted by Crippen LogP contribution is 1.93. The molecule has 0 unspecified atom stereocenters. The zero-order valence-electron chi connectivity index (χ0n) is 8.57. The fourth-order valence-electron chi connectivity index (χ4n) is 1.00. The number of hydrogen-bond donors (Lipinski definition) is 1. The highest BCUT2D eigenvalue weighted by molar-refractivity contribution is 4.43. The molecule has 0 aliphatic rings. The van der Waals surface area contributed by atoms with Gasteiger partial charge in [-0.2, -0.15) is 0 Å². The van der Waals surface area contributed by atoms with Crippen molar-refractivity contribution in [3.05, 3.63) is 0 Å². The minimum absolute atomic E-state index is 0.865. The van der Waals surface area contributed by atoms with E-state index in [0.29, 0.717) is 0 Å². The van der Waals surface area contributed by atoms with Gasteiger partial charge < -0.3 is 10.1 Å². The van der Waals surface area contributed by atoms with Gasteiger partial charge in [-0.05, 0) is 19.4 Å². The average Bonchev–Trinajstić information content (AvgIpc) is 2.10. The number of unbranched alkanes of at least 4 members (excludes halogenated alkanes) is 2. The lowest BCUT2D eigenvalue weighted by molar-refractivity contribution is 0.132. The molecule has 0 rings (SSSR count). The molecule has 0 radical (unpaired) electrons. The summed E-state index contributed by atoms with van der Waals surface area (Å²) in [6, 6.07) is 0. The largest absolute Gasteiger partial charge is 0.380 e. The molecule has 0 amide bonds. The first-order chi connectivity index (χ1) is 5.91. The maximum absolute atomic E-state index is 5.42. The van der Waals surface area contributed by atoms with Crippen molar-refractivity contribution in [2.45, 2.75) is 39.5 Å². The molecule has 0 spiro atoms. The van der Waals surface area contributed by atoms with Crippen molar-refractivity contribution >= 4 is 0 Å². The molecule has 2 heteroatoms. The van der Waals surface area contributed by atoms with E-state index in [1.165, 1.54) is 25.7 Å². The minimum Gasteiger partial charge on any atom is -0.380 e. The fourth-order valence-corrected chi connectivity index (χ4v) is 1.00. The summed E-state index contributed by atoms with van der Waals surface area (Å²) in [5, 5.41) is 3.30. The van der Waals surface area contributed by atoms with Gasteiger partial charge in [-0.15, -0.1) is 0 Å². The molecule has 1 N–H and O–H groups in total. The van der Waals surface area contributed by atoms with Gasteiger partial charge in [0.1, 0.15) is 0 Å². The lowest BCUT2D eigenvalue weighted by atomic mass is 10.3. The average molecular weight is 173 g/mol. The molecule has 0 aliphatic heterocycles. The molecule has 0 saturated heterocycles. The summed E-state index contributed by atoms with van der Waals surface area (Å²) in [7, 11) is 0. The van der Waals surface area contributed by atoms with Gasteiger partial charge in [0.15, 0.2) is 0 Å². The Kier molecular flexibility index (Phi) is 10.8. The van der Waals surface area contributed by atoms with Crippen LogP contribution in [0.4, 0.5) is 0 Å². The minimum atomic E-state index is 0.865. The van der Waals surface area contributed by atoms with Crippen LogP contribution >= 0.6 is 0 Å². The molecule has 74 valence electrons. The van der Waals surface area contributed by atoms with Crippen molar-refractivity contribution in [3.8, 4) is 0 Å². The monoisotopic (exact) mass is 173 g/mol. The molecule has 0 saturated carbocycles. The molecule has 0 aromatic carbocycles. The number of hydrogen-bond acceptors (Lipinski definition) is 2. The Hall–Kier alpha value is -0.0800. The third kappa shape index (κ3) is 9.92. The van der Waals surface area contributed by atoms with Crippen LogP contribution in [-0.4, -0.2) is 26.3 Å². The lowest BCUT2D eigenvalue weighted by Gasteiger charge is -2.04. The van der Waals surface area contributed by atoms with E-state index in [0.717, 1.165) is 26.3 Å². The molecule has 0 fully saturated rings. The molecule has 0 aromatic rings. The topological polar surface area (TPSA) is 21.3 Å². The summed E-state index contributed by atoms with van der Waals surface area (Å²) in [4.78, 5) is 0. The summed E-state index contributed by atoms with van der Waals surface area (Å²) in [5.74, 6) is 0. The van der Waals surface area contributed by atoms with Crippen molar-refractivity contribution in [2.24, 2.45) is 0 Å². The van der Waals surface area contributed by atoms with E-state index in [1.807, 2.05) is 0 Å². The van der Waals surface area contributed by atoms with Gasteiger partial charge in [-0.25, -0.2) is 0 Å². The zero-order chi connectivity index (χ0) is 9.07. The number of nitrogens with one attached hydrogen (secondary N) is 1. The van der Waals surface area contributed by atoms with Crippen molar-refractivity contribution in [1.82, 2.24) is 5.32 Å². The summed E-state index contributed by atoms with van der Waals surface area (Å²) in [6.45, 7) is 8.29.